The molecule has 23 heavy (non-hydrogen) atoms. The van der Waals surface area contributed by atoms with Crippen molar-refractivity contribution in [3.05, 3.63) is 53.9 Å². The second kappa shape index (κ2) is 6.43. The van der Waals surface area contributed by atoms with Gasteiger partial charge < -0.3 is 14.3 Å². The van der Waals surface area contributed by atoms with Gasteiger partial charge in [0.2, 0.25) is 17.6 Å². The molecule has 1 N–H and O–H groups in total. The molecule has 1 aromatic carbocycles. The summed E-state index contributed by atoms with van der Waals surface area (Å²) in [7, 11) is 0. The highest BCUT2D eigenvalue weighted by molar-refractivity contribution is 5.91. The molecule has 0 unspecified atom stereocenters. The molecule has 0 aliphatic rings. The largest absolute Gasteiger partial charge is 0.461 e. The van der Waals surface area contributed by atoms with Gasteiger partial charge in [-0.1, -0.05) is 11.2 Å². The van der Waals surface area contributed by atoms with Crippen molar-refractivity contribution < 1.29 is 18.1 Å². The molecule has 2 heterocycles. The summed E-state index contributed by atoms with van der Waals surface area (Å²) < 4.78 is 23.8. The van der Waals surface area contributed by atoms with E-state index in [-0.39, 0.29) is 24.4 Å². The average Bonchev–Trinajstić information content (AvgIpc) is 3.19. The average molecular weight is 315 g/mol. The molecular formula is C16H14FN3O3. The predicted molar refractivity (Wildman–Crippen MR) is 80.1 cm³/mol. The van der Waals surface area contributed by atoms with Gasteiger partial charge in [0.1, 0.15) is 5.82 Å². The van der Waals surface area contributed by atoms with Gasteiger partial charge in [-0.3, -0.25) is 4.79 Å². The summed E-state index contributed by atoms with van der Waals surface area (Å²) in [6.45, 7) is 1.82. The molecule has 7 heteroatoms. The summed E-state index contributed by atoms with van der Waals surface area (Å²) in [6, 6.07) is 7.96. The molecule has 0 saturated heterocycles. The van der Waals surface area contributed by atoms with Gasteiger partial charge in [0.15, 0.2) is 5.76 Å². The second-order valence-electron chi connectivity index (χ2n) is 5.02. The minimum atomic E-state index is -0.471. The number of rotatable bonds is 5. The second-order valence-corrected chi connectivity index (χ2v) is 5.02. The number of amides is 1. The van der Waals surface area contributed by atoms with Crippen molar-refractivity contribution in [3.8, 4) is 11.6 Å². The maximum Gasteiger partial charge on any atom is 0.238 e. The summed E-state index contributed by atoms with van der Waals surface area (Å²) in [5.74, 6) is 0.340. The molecule has 3 aromatic rings. The van der Waals surface area contributed by atoms with Gasteiger partial charge in [0, 0.05) is 12.8 Å². The Morgan fingerprint density at radius 2 is 2.22 bits per heavy atom. The lowest BCUT2D eigenvalue weighted by Crippen LogP contribution is -2.13. The van der Waals surface area contributed by atoms with Crippen LogP contribution in [0.3, 0.4) is 0 Å². The fourth-order valence-corrected chi connectivity index (χ4v) is 2.03. The van der Waals surface area contributed by atoms with E-state index in [9.17, 15) is 9.18 Å². The molecule has 0 saturated carbocycles. The number of aryl methyl sites for hydroxylation is 2. The number of anilines is 1. The number of carbonyl (C=O) groups excluding carboxylic acids is 1. The fraction of sp³-hybridized carbons (Fsp3) is 0.188. The smallest absolute Gasteiger partial charge is 0.238 e. The molecule has 118 valence electrons. The molecular weight excluding hydrogens is 301 g/mol. The monoisotopic (exact) mass is 315 g/mol. The quantitative estimate of drug-likeness (QED) is 0.781. The van der Waals surface area contributed by atoms with Crippen LogP contribution < -0.4 is 5.32 Å². The van der Waals surface area contributed by atoms with E-state index in [0.29, 0.717) is 17.5 Å². The van der Waals surface area contributed by atoms with Crippen LogP contribution >= 0.6 is 0 Å². The van der Waals surface area contributed by atoms with Crippen LogP contribution in [0.2, 0.25) is 0 Å². The van der Waals surface area contributed by atoms with Gasteiger partial charge >= 0.3 is 0 Å². The Labute approximate surface area is 131 Å². The highest BCUT2D eigenvalue weighted by Gasteiger charge is 2.13. The van der Waals surface area contributed by atoms with Crippen molar-refractivity contribution in [2.75, 3.05) is 5.32 Å². The van der Waals surface area contributed by atoms with E-state index in [1.54, 1.807) is 24.3 Å². The van der Waals surface area contributed by atoms with E-state index in [0.717, 1.165) is 5.56 Å². The molecule has 1 amide bonds. The van der Waals surface area contributed by atoms with Gasteiger partial charge in [-0.2, -0.15) is 4.98 Å². The molecule has 0 spiro atoms. The molecule has 6 nitrogen and oxygen atoms in total. The van der Waals surface area contributed by atoms with Gasteiger partial charge in [-0.15, -0.1) is 0 Å². The minimum absolute atomic E-state index is 0.104. The molecule has 0 bridgehead atoms. The van der Waals surface area contributed by atoms with Gasteiger partial charge in [0.25, 0.3) is 0 Å². The van der Waals surface area contributed by atoms with E-state index < -0.39 is 5.82 Å². The van der Waals surface area contributed by atoms with Crippen LogP contribution in [0.4, 0.5) is 10.1 Å². The number of benzene rings is 1. The standard InChI is InChI=1S/C16H14FN3O3/c1-10-4-5-11(17)12(9-10)18-14(21)6-7-15-19-16(20-23-15)13-3-2-8-22-13/h2-5,8-9H,6-7H2,1H3,(H,18,21). The highest BCUT2D eigenvalue weighted by atomic mass is 19.1. The Kier molecular flexibility index (Phi) is 4.18. The third-order valence-corrected chi connectivity index (χ3v) is 3.17. The zero-order valence-corrected chi connectivity index (χ0v) is 12.4. The first kappa shape index (κ1) is 15.0. The normalized spacial score (nSPS) is 10.7. The number of nitrogens with one attached hydrogen (secondary N) is 1. The molecule has 0 radical (unpaired) electrons. The van der Waals surface area contributed by atoms with E-state index in [4.69, 9.17) is 8.94 Å². The fourth-order valence-electron chi connectivity index (χ4n) is 2.03. The van der Waals surface area contributed by atoms with E-state index in [1.807, 2.05) is 6.92 Å². The predicted octanol–water partition coefficient (Wildman–Crippen LogP) is 3.35. The van der Waals surface area contributed by atoms with Crippen LogP contribution in [-0.4, -0.2) is 16.0 Å². The van der Waals surface area contributed by atoms with Gasteiger partial charge in [0.05, 0.1) is 12.0 Å². The minimum Gasteiger partial charge on any atom is -0.461 e. The topological polar surface area (TPSA) is 81.2 Å². The zero-order valence-electron chi connectivity index (χ0n) is 12.4. The van der Waals surface area contributed by atoms with Crippen LogP contribution in [0.25, 0.3) is 11.6 Å². The summed E-state index contributed by atoms with van der Waals surface area (Å²) in [4.78, 5) is 16.0. The first-order chi connectivity index (χ1) is 11.1. The Hall–Kier alpha value is -2.96. The third-order valence-electron chi connectivity index (χ3n) is 3.17. The molecule has 2 aromatic heterocycles. The maximum absolute atomic E-state index is 13.6. The summed E-state index contributed by atoms with van der Waals surface area (Å²) >= 11 is 0. The third kappa shape index (κ3) is 3.63. The molecule has 0 fully saturated rings. The Morgan fingerprint density at radius 1 is 1.35 bits per heavy atom. The number of halogens is 1. The van der Waals surface area contributed by atoms with Crippen LogP contribution in [0.15, 0.2) is 45.5 Å². The van der Waals surface area contributed by atoms with Gasteiger partial charge in [-0.05, 0) is 36.8 Å². The summed E-state index contributed by atoms with van der Waals surface area (Å²) in [6.07, 6.45) is 1.87. The molecule has 3 rings (SSSR count). The van der Waals surface area contributed by atoms with Crippen molar-refractivity contribution in [3.63, 3.8) is 0 Å². The Balaban J connectivity index is 1.58. The van der Waals surface area contributed by atoms with E-state index >= 15 is 0 Å². The Bertz CT molecular complexity index is 812. The lowest BCUT2D eigenvalue weighted by atomic mass is 10.2. The Morgan fingerprint density at radius 3 is 3.00 bits per heavy atom. The number of furan rings is 1. The first-order valence-corrected chi connectivity index (χ1v) is 7.04. The molecule has 0 atom stereocenters. The number of hydrogen-bond donors (Lipinski definition) is 1. The van der Waals surface area contributed by atoms with Crippen LogP contribution in [0, 0.1) is 12.7 Å². The highest BCUT2D eigenvalue weighted by Crippen LogP contribution is 2.18. The first-order valence-electron chi connectivity index (χ1n) is 7.04. The summed E-state index contributed by atoms with van der Waals surface area (Å²) in [5.41, 5.74) is 1.03. The van der Waals surface area contributed by atoms with Crippen molar-refractivity contribution in [1.29, 1.82) is 0 Å². The lowest BCUT2D eigenvalue weighted by Gasteiger charge is -2.06. The zero-order chi connectivity index (χ0) is 16.2. The van der Waals surface area contributed by atoms with Crippen LogP contribution in [0.5, 0.6) is 0 Å². The van der Waals surface area contributed by atoms with Gasteiger partial charge in [-0.25, -0.2) is 4.39 Å². The SMILES string of the molecule is Cc1ccc(F)c(NC(=O)CCc2nc(-c3ccco3)no2)c1. The number of aromatic nitrogens is 2. The summed E-state index contributed by atoms with van der Waals surface area (Å²) in [5, 5.41) is 6.31. The number of nitrogens with zero attached hydrogens (tertiary/aromatic N) is 2. The van der Waals surface area contributed by atoms with Crippen molar-refractivity contribution in [1.82, 2.24) is 10.1 Å². The lowest BCUT2D eigenvalue weighted by molar-refractivity contribution is -0.116. The van der Waals surface area contributed by atoms with Crippen molar-refractivity contribution in [2.24, 2.45) is 0 Å². The van der Waals surface area contributed by atoms with E-state index in [1.165, 1.54) is 12.3 Å². The van der Waals surface area contributed by atoms with E-state index in [2.05, 4.69) is 15.5 Å². The van der Waals surface area contributed by atoms with Crippen molar-refractivity contribution in [2.45, 2.75) is 19.8 Å². The van der Waals surface area contributed by atoms with Crippen LogP contribution in [0.1, 0.15) is 17.9 Å². The maximum atomic E-state index is 13.6. The molecule has 0 aliphatic carbocycles. The number of carbonyl (C=O) groups is 1. The number of hydrogen-bond acceptors (Lipinski definition) is 5. The van der Waals surface area contributed by atoms with Crippen LogP contribution in [-0.2, 0) is 11.2 Å². The van der Waals surface area contributed by atoms with Crippen molar-refractivity contribution >= 4 is 11.6 Å². The molecule has 0 aliphatic heterocycles.